The largest absolute Gasteiger partial charge is 0.495 e. The van der Waals surface area contributed by atoms with Crippen molar-refractivity contribution < 1.29 is 19.1 Å². The van der Waals surface area contributed by atoms with Crippen LogP contribution in [0.15, 0.2) is 53.3 Å². The number of amides is 1. The number of rotatable bonds is 8. The summed E-state index contributed by atoms with van der Waals surface area (Å²) in [5.41, 5.74) is 1.63. The van der Waals surface area contributed by atoms with Gasteiger partial charge in [-0.1, -0.05) is 31.2 Å². The van der Waals surface area contributed by atoms with Crippen LogP contribution >= 0.6 is 0 Å². The molecule has 8 nitrogen and oxygen atoms in total. The lowest BCUT2D eigenvalue weighted by Crippen LogP contribution is -2.29. The molecule has 1 aromatic heterocycles. The maximum absolute atomic E-state index is 12.7. The van der Waals surface area contributed by atoms with E-state index >= 15 is 0 Å². The Balaban J connectivity index is 1.66. The maximum atomic E-state index is 12.7. The first kappa shape index (κ1) is 20.2. The van der Waals surface area contributed by atoms with Crippen LogP contribution < -0.4 is 15.7 Å². The van der Waals surface area contributed by atoms with E-state index in [1.165, 1.54) is 11.7 Å². The number of hydrogen-bond acceptors (Lipinski definition) is 5. The molecule has 2 aromatic carbocycles. The second-order valence-corrected chi connectivity index (χ2v) is 6.42. The molecule has 0 aliphatic heterocycles. The van der Waals surface area contributed by atoms with Gasteiger partial charge in [-0.2, -0.15) is 0 Å². The highest BCUT2D eigenvalue weighted by Gasteiger charge is 2.16. The zero-order valence-electron chi connectivity index (χ0n) is 16.4. The number of anilines is 1. The van der Waals surface area contributed by atoms with Gasteiger partial charge in [-0.25, -0.2) is 4.79 Å². The fourth-order valence-electron chi connectivity index (χ4n) is 3.12. The predicted octanol–water partition coefficient (Wildman–Crippen LogP) is 2.40. The van der Waals surface area contributed by atoms with Gasteiger partial charge in [-0.3, -0.25) is 18.7 Å². The van der Waals surface area contributed by atoms with Crippen molar-refractivity contribution in [3.8, 4) is 5.75 Å². The van der Waals surface area contributed by atoms with Crippen molar-refractivity contribution in [2.75, 3.05) is 19.0 Å². The molecule has 0 unspecified atom stereocenters. The molecule has 0 atom stereocenters. The standard InChI is InChI=1S/C21H23N3O5/c1-3-12-23-16-9-5-6-10-17(16)24(21(23)27)13-20(26)29-14-19(25)22-15-8-4-7-11-18(15)28-2/h4-11H,3,12-14H2,1-2H3,(H,22,25). The van der Waals surface area contributed by atoms with Crippen LogP contribution in [0.4, 0.5) is 5.69 Å². The number of fused-ring (bicyclic) bond motifs is 1. The van der Waals surface area contributed by atoms with Gasteiger partial charge >= 0.3 is 11.7 Å². The molecule has 0 aliphatic rings. The molecular weight excluding hydrogens is 374 g/mol. The minimum atomic E-state index is -0.665. The number of nitrogens with zero attached hydrogens (tertiary/aromatic N) is 2. The van der Waals surface area contributed by atoms with Crippen molar-refractivity contribution in [1.82, 2.24) is 9.13 Å². The van der Waals surface area contributed by atoms with E-state index in [1.807, 2.05) is 19.1 Å². The van der Waals surface area contributed by atoms with Crippen LogP contribution in [0.1, 0.15) is 13.3 Å². The Labute approximate surface area is 167 Å². The number of hydrogen-bond donors (Lipinski definition) is 1. The first-order valence-corrected chi connectivity index (χ1v) is 9.31. The van der Waals surface area contributed by atoms with Crippen LogP contribution in [0.2, 0.25) is 0 Å². The molecule has 1 amide bonds. The Morgan fingerprint density at radius 1 is 1.00 bits per heavy atom. The topological polar surface area (TPSA) is 91.6 Å². The highest BCUT2D eigenvalue weighted by molar-refractivity contribution is 5.94. The summed E-state index contributed by atoms with van der Waals surface area (Å²) in [6.07, 6.45) is 0.793. The Morgan fingerprint density at radius 2 is 1.66 bits per heavy atom. The minimum absolute atomic E-state index is 0.266. The molecule has 3 aromatic rings. The predicted molar refractivity (Wildman–Crippen MR) is 109 cm³/mol. The van der Waals surface area contributed by atoms with Gasteiger partial charge in [-0.15, -0.1) is 0 Å². The molecule has 0 spiro atoms. The lowest BCUT2D eigenvalue weighted by molar-refractivity contribution is -0.147. The molecule has 0 radical (unpaired) electrons. The second kappa shape index (κ2) is 9.09. The first-order valence-electron chi connectivity index (χ1n) is 9.31. The third kappa shape index (κ3) is 4.48. The van der Waals surface area contributed by atoms with Crippen molar-refractivity contribution in [1.29, 1.82) is 0 Å². The number of carbonyl (C=O) groups is 2. The number of benzene rings is 2. The first-order chi connectivity index (χ1) is 14.0. The Hall–Kier alpha value is -3.55. The molecule has 1 heterocycles. The zero-order chi connectivity index (χ0) is 20.8. The van der Waals surface area contributed by atoms with E-state index in [1.54, 1.807) is 41.0 Å². The number of methoxy groups -OCH3 is 1. The summed E-state index contributed by atoms with van der Waals surface area (Å²) < 4.78 is 13.2. The molecule has 0 saturated heterocycles. The lowest BCUT2D eigenvalue weighted by Gasteiger charge is -2.10. The number of nitrogens with one attached hydrogen (secondary N) is 1. The normalized spacial score (nSPS) is 10.7. The van der Waals surface area contributed by atoms with Crippen LogP contribution in [-0.2, 0) is 27.4 Å². The zero-order valence-corrected chi connectivity index (χ0v) is 16.4. The molecule has 0 bridgehead atoms. The lowest BCUT2D eigenvalue weighted by atomic mass is 10.3. The quantitative estimate of drug-likeness (QED) is 0.590. The number of carbonyl (C=O) groups excluding carboxylic acids is 2. The minimum Gasteiger partial charge on any atom is -0.495 e. The van der Waals surface area contributed by atoms with Gasteiger partial charge in [0.25, 0.3) is 5.91 Å². The van der Waals surface area contributed by atoms with Gasteiger partial charge in [0.15, 0.2) is 6.61 Å². The summed E-state index contributed by atoms with van der Waals surface area (Å²) in [5.74, 6) is -0.659. The second-order valence-electron chi connectivity index (χ2n) is 6.42. The number of ether oxygens (including phenoxy) is 2. The molecule has 0 aliphatic carbocycles. The molecule has 29 heavy (non-hydrogen) atoms. The van der Waals surface area contributed by atoms with Gasteiger partial charge in [0, 0.05) is 6.54 Å². The number of aryl methyl sites for hydroxylation is 1. The van der Waals surface area contributed by atoms with E-state index in [2.05, 4.69) is 5.32 Å². The third-order valence-electron chi connectivity index (χ3n) is 4.40. The van der Waals surface area contributed by atoms with E-state index in [4.69, 9.17) is 9.47 Å². The van der Waals surface area contributed by atoms with Gasteiger partial charge in [0.2, 0.25) is 0 Å². The summed E-state index contributed by atoms with van der Waals surface area (Å²) in [6, 6.07) is 14.2. The van der Waals surface area contributed by atoms with E-state index in [9.17, 15) is 14.4 Å². The van der Waals surface area contributed by atoms with E-state index < -0.39 is 18.5 Å². The van der Waals surface area contributed by atoms with E-state index in [-0.39, 0.29) is 12.2 Å². The maximum Gasteiger partial charge on any atom is 0.329 e. The van der Waals surface area contributed by atoms with Crippen LogP contribution in [0.3, 0.4) is 0 Å². The summed E-state index contributed by atoms with van der Waals surface area (Å²) in [7, 11) is 1.50. The van der Waals surface area contributed by atoms with Crippen molar-refractivity contribution >= 4 is 28.6 Å². The van der Waals surface area contributed by atoms with Gasteiger partial charge in [0.05, 0.1) is 23.8 Å². The van der Waals surface area contributed by atoms with Crippen LogP contribution in [0.5, 0.6) is 5.75 Å². The highest BCUT2D eigenvalue weighted by atomic mass is 16.5. The van der Waals surface area contributed by atoms with Crippen LogP contribution in [0, 0.1) is 0 Å². The number of aromatic nitrogens is 2. The monoisotopic (exact) mass is 397 g/mol. The average Bonchev–Trinajstić information content (AvgIpc) is 2.99. The molecular formula is C21H23N3O5. The fourth-order valence-corrected chi connectivity index (χ4v) is 3.12. The third-order valence-corrected chi connectivity index (χ3v) is 4.40. The number of para-hydroxylation sites is 4. The fraction of sp³-hybridized carbons (Fsp3) is 0.286. The Morgan fingerprint density at radius 3 is 2.34 bits per heavy atom. The molecule has 152 valence electrons. The van der Waals surface area contributed by atoms with Crippen molar-refractivity contribution in [3.63, 3.8) is 0 Å². The van der Waals surface area contributed by atoms with E-state index in [0.29, 0.717) is 23.5 Å². The van der Waals surface area contributed by atoms with Crippen LogP contribution in [-0.4, -0.2) is 34.7 Å². The van der Waals surface area contributed by atoms with Crippen molar-refractivity contribution in [2.45, 2.75) is 26.4 Å². The molecule has 8 heteroatoms. The van der Waals surface area contributed by atoms with Gasteiger partial charge < -0.3 is 14.8 Å². The van der Waals surface area contributed by atoms with E-state index in [0.717, 1.165) is 11.9 Å². The summed E-state index contributed by atoms with van der Waals surface area (Å²) in [4.78, 5) is 37.0. The summed E-state index contributed by atoms with van der Waals surface area (Å²) in [6.45, 7) is 1.81. The number of esters is 1. The van der Waals surface area contributed by atoms with Crippen molar-refractivity contribution in [3.05, 3.63) is 59.0 Å². The smallest absolute Gasteiger partial charge is 0.329 e. The molecule has 3 rings (SSSR count). The van der Waals surface area contributed by atoms with Gasteiger partial charge in [-0.05, 0) is 30.7 Å². The van der Waals surface area contributed by atoms with Gasteiger partial charge in [0.1, 0.15) is 12.3 Å². The SMILES string of the molecule is CCCn1c(=O)n(CC(=O)OCC(=O)Nc2ccccc2OC)c2ccccc21. The molecule has 1 N–H and O–H groups in total. The Kier molecular flexibility index (Phi) is 6.33. The molecule has 0 saturated carbocycles. The summed E-state index contributed by atoms with van der Waals surface area (Å²) in [5, 5.41) is 2.63. The number of imidazole rings is 1. The van der Waals surface area contributed by atoms with Crippen LogP contribution in [0.25, 0.3) is 11.0 Å². The van der Waals surface area contributed by atoms with Crippen molar-refractivity contribution in [2.24, 2.45) is 0 Å². The average molecular weight is 397 g/mol. The highest BCUT2D eigenvalue weighted by Crippen LogP contribution is 2.22. The summed E-state index contributed by atoms with van der Waals surface area (Å²) >= 11 is 0. The Bertz CT molecular complexity index is 1080. The molecule has 0 fully saturated rings.